The molecule has 1 aromatic rings. The number of ether oxygens (including phenoxy) is 1. The van der Waals surface area contributed by atoms with Crippen molar-refractivity contribution in [3.8, 4) is 11.5 Å². The predicted molar refractivity (Wildman–Crippen MR) is 62.5 cm³/mol. The molecular weight excluding hydrogens is 258 g/mol. The second-order valence-corrected chi connectivity index (χ2v) is 4.69. The summed E-state index contributed by atoms with van der Waals surface area (Å²) < 4.78 is 6.43. The van der Waals surface area contributed by atoms with Crippen LogP contribution in [0, 0.1) is 0 Å². The Hall–Kier alpha value is -0.740. The van der Waals surface area contributed by atoms with E-state index in [4.69, 9.17) is 10.5 Å². The van der Waals surface area contributed by atoms with Crippen LogP contribution in [0.2, 0.25) is 0 Å². The Kier molecular flexibility index (Phi) is 2.89. The summed E-state index contributed by atoms with van der Waals surface area (Å²) in [5.41, 5.74) is 7.51. The van der Waals surface area contributed by atoms with Crippen LogP contribution in [0.15, 0.2) is 10.5 Å². The number of phenols is 1. The molecule has 4 heteroatoms. The van der Waals surface area contributed by atoms with E-state index in [0.29, 0.717) is 18.9 Å². The summed E-state index contributed by atoms with van der Waals surface area (Å²) >= 11 is 3.50. The molecule has 0 fully saturated rings. The molecule has 1 aliphatic rings. The zero-order valence-corrected chi connectivity index (χ0v) is 10.2. The Morgan fingerprint density at radius 3 is 3.07 bits per heavy atom. The van der Waals surface area contributed by atoms with Gasteiger partial charge in [-0.3, -0.25) is 0 Å². The Morgan fingerprint density at radius 2 is 2.40 bits per heavy atom. The monoisotopic (exact) mass is 271 g/mol. The van der Waals surface area contributed by atoms with Gasteiger partial charge in [-0.2, -0.15) is 0 Å². The molecule has 0 amide bonds. The fourth-order valence-electron chi connectivity index (χ4n) is 1.82. The van der Waals surface area contributed by atoms with Gasteiger partial charge in [0.05, 0.1) is 6.61 Å². The number of fused-ring (bicyclic) bond motifs is 1. The fourth-order valence-corrected chi connectivity index (χ4v) is 2.45. The fraction of sp³-hybridized carbons (Fsp3) is 0.455. The quantitative estimate of drug-likeness (QED) is 0.867. The number of hydrogen-bond acceptors (Lipinski definition) is 3. The van der Waals surface area contributed by atoms with Crippen molar-refractivity contribution in [2.24, 2.45) is 5.73 Å². The molecule has 82 valence electrons. The van der Waals surface area contributed by atoms with Gasteiger partial charge in [-0.1, -0.05) is 22.9 Å². The number of rotatable bonds is 2. The zero-order chi connectivity index (χ0) is 11.0. The van der Waals surface area contributed by atoms with Crippen molar-refractivity contribution in [2.45, 2.75) is 19.3 Å². The maximum atomic E-state index is 10.0. The highest BCUT2D eigenvalue weighted by molar-refractivity contribution is 9.10. The van der Waals surface area contributed by atoms with E-state index in [9.17, 15) is 5.11 Å². The summed E-state index contributed by atoms with van der Waals surface area (Å²) in [5.74, 6) is 1.01. The van der Waals surface area contributed by atoms with E-state index in [1.165, 1.54) is 0 Å². The van der Waals surface area contributed by atoms with Crippen molar-refractivity contribution in [2.75, 3.05) is 13.2 Å². The second kappa shape index (κ2) is 4.02. The summed E-state index contributed by atoms with van der Waals surface area (Å²) in [6, 6.07) is 1.94. The number of phenolic OH excluding ortho intramolecular Hbond substituents is 1. The summed E-state index contributed by atoms with van der Waals surface area (Å²) in [6.45, 7) is 3.14. The summed E-state index contributed by atoms with van der Waals surface area (Å²) in [4.78, 5) is 0. The van der Waals surface area contributed by atoms with Crippen LogP contribution < -0.4 is 10.5 Å². The van der Waals surface area contributed by atoms with Gasteiger partial charge in [0, 0.05) is 22.0 Å². The Labute approximate surface area is 97.4 Å². The number of benzene rings is 1. The number of aromatic hydroxyl groups is 1. The van der Waals surface area contributed by atoms with Crippen LogP contribution in [-0.2, 0) is 6.42 Å². The van der Waals surface area contributed by atoms with Crippen LogP contribution in [0.5, 0.6) is 11.5 Å². The molecule has 1 atom stereocenters. The first-order valence-corrected chi connectivity index (χ1v) is 5.81. The molecule has 15 heavy (non-hydrogen) atoms. The van der Waals surface area contributed by atoms with E-state index >= 15 is 0 Å². The first-order valence-electron chi connectivity index (χ1n) is 5.02. The third-order valence-electron chi connectivity index (χ3n) is 2.82. The van der Waals surface area contributed by atoms with Crippen molar-refractivity contribution in [3.05, 3.63) is 21.7 Å². The minimum atomic E-state index is 0.135. The third kappa shape index (κ3) is 1.72. The van der Waals surface area contributed by atoms with E-state index in [1.807, 2.05) is 13.0 Å². The van der Waals surface area contributed by atoms with Crippen LogP contribution in [0.1, 0.15) is 24.0 Å². The Balaban J connectivity index is 2.54. The summed E-state index contributed by atoms with van der Waals surface area (Å²) in [5, 5.41) is 10.0. The molecule has 3 nitrogen and oxygen atoms in total. The molecule has 0 radical (unpaired) electrons. The van der Waals surface area contributed by atoms with Crippen LogP contribution in [0.4, 0.5) is 0 Å². The Morgan fingerprint density at radius 1 is 1.67 bits per heavy atom. The van der Waals surface area contributed by atoms with Gasteiger partial charge in [-0.15, -0.1) is 0 Å². The van der Waals surface area contributed by atoms with Gasteiger partial charge in [0.2, 0.25) is 0 Å². The van der Waals surface area contributed by atoms with Crippen LogP contribution >= 0.6 is 15.9 Å². The summed E-state index contributed by atoms with van der Waals surface area (Å²) in [7, 11) is 0. The van der Waals surface area contributed by atoms with E-state index in [-0.39, 0.29) is 11.7 Å². The molecule has 0 aliphatic carbocycles. The third-order valence-corrected chi connectivity index (χ3v) is 3.52. The molecule has 1 aromatic carbocycles. The average molecular weight is 272 g/mol. The second-order valence-electron chi connectivity index (χ2n) is 3.84. The average Bonchev–Trinajstić information content (AvgIpc) is 2.71. The van der Waals surface area contributed by atoms with E-state index in [1.54, 1.807) is 0 Å². The maximum Gasteiger partial charge on any atom is 0.165 e. The van der Waals surface area contributed by atoms with Gasteiger partial charge in [0.15, 0.2) is 11.5 Å². The molecule has 0 bridgehead atoms. The largest absolute Gasteiger partial charge is 0.504 e. The lowest BCUT2D eigenvalue weighted by Crippen LogP contribution is -2.09. The molecule has 0 aromatic heterocycles. The molecule has 0 saturated carbocycles. The normalized spacial score (nSPS) is 15.9. The molecule has 1 unspecified atom stereocenters. The number of nitrogens with two attached hydrogens (primary N) is 1. The highest BCUT2D eigenvalue weighted by atomic mass is 79.9. The summed E-state index contributed by atoms with van der Waals surface area (Å²) in [6.07, 6.45) is 0.848. The van der Waals surface area contributed by atoms with Gasteiger partial charge < -0.3 is 15.6 Å². The zero-order valence-electron chi connectivity index (χ0n) is 8.59. The van der Waals surface area contributed by atoms with E-state index < -0.39 is 0 Å². The van der Waals surface area contributed by atoms with Gasteiger partial charge in [0.1, 0.15) is 0 Å². The molecule has 1 heterocycles. The first-order chi connectivity index (χ1) is 7.15. The lowest BCUT2D eigenvalue weighted by Gasteiger charge is -2.14. The van der Waals surface area contributed by atoms with Crippen molar-refractivity contribution in [1.82, 2.24) is 0 Å². The van der Waals surface area contributed by atoms with Crippen molar-refractivity contribution >= 4 is 15.9 Å². The minimum Gasteiger partial charge on any atom is -0.504 e. The smallest absolute Gasteiger partial charge is 0.165 e. The lowest BCUT2D eigenvalue weighted by atomic mass is 9.98. The van der Waals surface area contributed by atoms with Crippen LogP contribution in [0.3, 0.4) is 0 Å². The van der Waals surface area contributed by atoms with Crippen molar-refractivity contribution in [1.29, 1.82) is 0 Å². The van der Waals surface area contributed by atoms with Crippen molar-refractivity contribution < 1.29 is 9.84 Å². The first kappa shape index (κ1) is 10.8. The van der Waals surface area contributed by atoms with Crippen LogP contribution in [0.25, 0.3) is 0 Å². The molecule has 3 N–H and O–H groups in total. The topological polar surface area (TPSA) is 55.5 Å². The maximum absolute atomic E-state index is 10.0. The van der Waals surface area contributed by atoms with Gasteiger partial charge in [-0.25, -0.2) is 0 Å². The SMILES string of the molecule is CC(CN)c1cc(Br)c2c(c1O)OCC2. The highest BCUT2D eigenvalue weighted by Crippen LogP contribution is 2.44. The van der Waals surface area contributed by atoms with Gasteiger partial charge in [-0.05, 0) is 18.5 Å². The standard InChI is InChI=1S/C11H14BrNO2/c1-6(5-13)8-4-9(12)7-2-3-15-11(7)10(8)14/h4,6,14H,2-3,5,13H2,1H3. The van der Waals surface area contributed by atoms with E-state index in [0.717, 1.165) is 22.0 Å². The molecule has 1 aliphatic heterocycles. The van der Waals surface area contributed by atoms with E-state index in [2.05, 4.69) is 15.9 Å². The Bertz CT molecular complexity index is 393. The predicted octanol–water partition coefficient (Wildman–Crippen LogP) is 2.15. The number of hydrogen-bond donors (Lipinski definition) is 2. The molecule has 0 saturated heterocycles. The van der Waals surface area contributed by atoms with Crippen LogP contribution in [-0.4, -0.2) is 18.3 Å². The van der Waals surface area contributed by atoms with Crippen molar-refractivity contribution in [3.63, 3.8) is 0 Å². The lowest BCUT2D eigenvalue weighted by molar-refractivity contribution is 0.332. The number of halogens is 1. The molecule has 0 spiro atoms. The minimum absolute atomic E-state index is 0.135. The molecular formula is C11H14BrNO2. The molecule has 2 rings (SSSR count). The highest BCUT2D eigenvalue weighted by Gasteiger charge is 2.24. The van der Waals surface area contributed by atoms with Gasteiger partial charge >= 0.3 is 0 Å². The van der Waals surface area contributed by atoms with Gasteiger partial charge in [0.25, 0.3) is 0 Å².